The molecule has 1 atom stereocenters. The summed E-state index contributed by atoms with van der Waals surface area (Å²) in [4.78, 5) is 0. The fraction of sp³-hybridized carbons (Fsp3) is 0.833. The molecule has 1 fully saturated rings. The standard InChI is InChI=1S/C12H22/c1-4-5-11-8-9-12(11)7-6-10(2)3/h5,10,12H,4,6-9H2,1-3H3. The van der Waals surface area contributed by atoms with Gasteiger partial charge in [0.05, 0.1) is 0 Å². The van der Waals surface area contributed by atoms with Crippen LogP contribution in [-0.2, 0) is 0 Å². The predicted molar refractivity (Wildman–Crippen MR) is 55.2 cm³/mol. The molecule has 0 saturated heterocycles. The molecule has 1 aliphatic carbocycles. The Morgan fingerprint density at radius 3 is 2.67 bits per heavy atom. The molecule has 0 aromatic heterocycles. The van der Waals surface area contributed by atoms with E-state index in [0.29, 0.717) is 0 Å². The zero-order valence-electron chi connectivity index (χ0n) is 8.77. The number of hydrogen-bond acceptors (Lipinski definition) is 0. The minimum atomic E-state index is 0.883. The van der Waals surface area contributed by atoms with E-state index in [2.05, 4.69) is 26.8 Å². The molecule has 0 heterocycles. The zero-order chi connectivity index (χ0) is 8.97. The van der Waals surface area contributed by atoms with E-state index < -0.39 is 0 Å². The lowest BCUT2D eigenvalue weighted by molar-refractivity contribution is 0.374. The number of rotatable bonds is 4. The van der Waals surface area contributed by atoms with E-state index >= 15 is 0 Å². The molecule has 0 N–H and O–H groups in total. The molecule has 0 aromatic carbocycles. The van der Waals surface area contributed by atoms with Crippen LogP contribution in [0, 0.1) is 11.8 Å². The minimum Gasteiger partial charge on any atom is -0.0853 e. The van der Waals surface area contributed by atoms with Crippen LogP contribution < -0.4 is 0 Å². The van der Waals surface area contributed by atoms with E-state index in [0.717, 1.165) is 11.8 Å². The Morgan fingerprint density at radius 2 is 2.25 bits per heavy atom. The molecule has 12 heavy (non-hydrogen) atoms. The molecule has 70 valence electrons. The predicted octanol–water partition coefficient (Wildman–Crippen LogP) is 4.17. The molecule has 0 heteroatoms. The number of hydrogen-bond donors (Lipinski definition) is 0. The summed E-state index contributed by atoms with van der Waals surface area (Å²) in [6.45, 7) is 6.88. The van der Waals surface area contributed by atoms with E-state index in [4.69, 9.17) is 0 Å². The van der Waals surface area contributed by atoms with Crippen LogP contribution in [0.25, 0.3) is 0 Å². The van der Waals surface area contributed by atoms with Crippen LogP contribution in [-0.4, -0.2) is 0 Å². The van der Waals surface area contributed by atoms with E-state index in [1.54, 1.807) is 5.57 Å². The van der Waals surface area contributed by atoms with Gasteiger partial charge in [0.2, 0.25) is 0 Å². The first kappa shape index (κ1) is 9.83. The second kappa shape index (κ2) is 4.69. The van der Waals surface area contributed by atoms with Crippen LogP contribution in [0.2, 0.25) is 0 Å². The molecule has 0 nitrogen and oxygen atoms in total. The van der Waals surface area contributed by atoms with Gasteiger partial charge < -0.3 is 0 Å². The second-order valence-electron chi connectivity index (χ2n) is 4.39. The van der Waals surface area contributed by atoms with Crippen LogP contribution in [0.4, 0.5) is 0 Å². The lowest BCUT2D eigenvalue weighted by Crippen LogP contribution is -2.16. The van der Waals surface area contributed by atoms with Gasteiger partial charge in [0.1, 0.15) is 0 Å². The summed E-state index contributed by atoms with van der Waals surface area (Å²) in [6.07, 6.45) is 9.35. The van der Waals surface area contributed by atoms with Crippen molar-refractivity contribution in [3.8, 4) is 0 Å². The van der Waals surface area contributed by atoms with Crippen molar-refractivity contribution in [1.82, 2.24) is 0 Å². The molecule has 1 aliphatic rings. The fourth-order valence-corrected chi connectivity index (χ4v) is 1.91. The molecule has 0 amide bonds. The summed E-state index contributed by atoms with van der Waals surface area (Å²) in [6, 6.07) is 0. The number of allylic oxidation sites excluding steroid dienone is 2. The maximum Gasteiger partial charge on any atom is -0.0200 e. The third-order valence-corrected chi connectivity index (χ3v) is 2.86. The summed E-state index contributed by atoms with van der Waals surface area (Å²) in [5.74, 6) is 1.85. The summed E-state index contributed by atoms with van der Waals surface area (Å²) in [5, 5.41) is 0. The average molecular weight is 166 g/mol. The Morgan fingerprint density at radius 1 is 1.50 bits per heavy atom. The van der Waals surface area contributed by atoms with Crippen molar-refractivity contribution in [2.75, 3.05) is 0 Å². The summed E-state index contributed by atoms with van der Waals surface area (Å²) in [5.41, 5.74) is 1.75. The van der Waals surface area contributed by atoms with E-state index in [1.165, 1.54) is 32.1 Å². The monoisotopic (exact) mass is 166 g/mol. The van der Waals surface area contributed by atoms with Crippen LogP contribution in [0.1, 0.15) is 52.9 Å². The Labute approximate surface area is 77.1 Å². The van der Waals surface area contributed by atoms with E-state index in [-0.39, 0.29) is 0 Å². The Bertz CT molecular complexity index is 153. The van der Waals surface area contributed by atoms with Crippen molar-refractivity contribution in [1.29, 1.82) is 0 Å². The van der Waals surface area contributed by atoms with Crippen LogP contribution in [0.15, 0.2) is 11.6 Å². The van der Waals surface area contributed by atoms with E-state index in [1.807, 2.05) is 0 Å². The maximum absolute atomic E-state index is 2.44. The van der Waals surface area contributed by atoms with Gasteiger partial charge in [-0.3, -0.25) is 0 Å². The molecule has 0 spiro atoms. The molecule has 0 bridgehead atoms. The lowest BCUT2D eigenvalue weighted by Gasteiger charge is -2.30. The first-order chi connectivity index (χ1) is 5.74. The fourth-order valence-electron chi connectivity index (χ4n) is 1.91. The van der Waals surface area contributed by atoms with Crippen LogP contribution in [0.3, 0.4) is 0 Å². The van der Waals surface area contributed by atoms with Gasteiger partial charge in [0.15, 0.2) is 0 Å². The van der Waals surface area contributed by atoms with Gasteiger partial charge in [-0.05, 0) is 37.5 Å². The van der Waals surface area contributed by atoms with Gasteiger partial charge in [0, 0.05) is 0 Å². The highest BCUT2D eigenvalue weighted by atomic mass is 14.3. The van der Waals surface area contributed by atoms with Gasteiger partial charge in [-0.15, -0.1) is 0 Å². The van der Waals surface area contributed by atoms with E-state index in [9.17, 15) is 0 Å². The highest BCUT2D eigenvalue weighted by molar-refractivity contribution is 5.14. The average Bonchev–Trinajstić information content (AvgIpc) is 1.98. The molecular formula is C12H22. The van der Waals surface area contributed by atoms with Crippen molar-refractivity contribution in [2.45, 2.75) is 52.9 Å². The van der Waals surface area contributed by atoms with Crippen molar-refractivity contribution in [3.63, 3.8) is 0 Å². The summed E-state index contributed by atoms with van der Waals surface area (Å²) >= 11 is 0. The van der Waals surface area contributed by atoms with Gasteiger partial charge in [-0.25, -0.2) is 0 Å². The molecule has 0 aromatic rings. The molecule has 1 rings (SSSR count). The molecular weight excluding hydrogens is 144 g/mol. The van der Waals surface area contributed by atoms with Gasteiger partial charge in [0.25, 0.3) is 0 Å². The van der Waals surface area contributed by atoms with Gasteiger partial charge >= 0.3 is 0 Å². The molecule has 1 saturated carbocycles. The summed E-state index contributed by atoms with van der Waals surface area (Å²) < 4.78 is 0. The zero-order valence-corrected chi connectivity index (χ0v) is 8.77. The highest BCUT2D eigenvalue weighted by Crippen LogP contribution is 2.37. The normalized spacial score (nSPS) is 26.3. The SMILES string of the molecule is CCC=C1CCC1CCC(C)C. The summed E-state index contributed by atoms with van der Waals surface area (Å²) in [7, 11) is 0. The Balaban J connectivity index is 2.21. The van der Waals surface area contributed by atoms with Gasteiger partial charge in [-0.1, -0.05) is 38.8 Å². The highest BCUT2D eigenvalue weighted by Gasteiger charge is 2.22. The third kappa shape index (κ3) is 2.66. The van der Waals surface area contributed by atoms with Crippen molar-refractivity contribution >= 4 is 0 Å². The Hall–Kier alpha value is -0.260. The minimum absolute atomic E-state index is 0.883. The lowest BCUT2D eigenvalue weighted by atomic mass is 9.75. The first-order valence-electron chi connectivity index (χ1n) is 5.43. The topological polar surface area (TPSA) is 0 Å². The van der Waals surface area contributed by atoms with Crippen molar-refractivity contribution in [2.24, 2.45) is 11.8 Å². The van der Waals surface area contributed by atoms with Gasteiger partial charge in [-0.2, -0.15) is 0 Å². The maximum atomic E-state index is 2.44. The molecule has 0 aliphatic heterocycles. The van der Waals surface area contributed by atoms with Crippen LogP contribution in [0.5, 0.6) is 0 Å². The second-order valence-corrected chi connectivity index (χ2v) is 4.39. The quantitative estimate of drug-likeness (QED) is 0.550. The molecule has 0 radical (unpaired) electrons. The smallest absolute Gasteiger partial charge is 0.0200 e. The Kier molecular flexibility index (Phi) is 3.84. The third-order valence-electron chi connectivity index (χ3n) is 2.86. The van der Waals surface area contributed by atoms with Crippen molar-refractivity contribution in [3.05, 3.63) is 11.6 Å². The molecule has 1 unspecified atom stereocenters. The van der Waals surface area contributed by atoms with Crippen molar-refractivity contribution < 1.29 is 0 Å². The van der Waals surface area contributed by atoms with Crippen LogP contribution >= 0.6 is 0 Å². The largest absolute Gasteiger partial charge is 0.0853 e. The first-order valence-corrected chi connectivity index (χ1v) is 5.43.